The Hall–Kier alpha value is -0.610. The van der Waals surface area contributed by atoms with E-state index in [1.807, 2.05) is 0 Å². The molecular weight excluding hydrogens is 276 g/mol. The lowest BCUT2D eigenvalue weighted by Crippen LogP contribution is -2.41. The summed E-state index contributed by atoms with van der Waals surface area (Å²) in [5.74, 6) is 0.339. The van der Waals surface area contributed by atoms with Crippen LogP contribution in [0.2, 0.25) is 0 Å². The second-order valence-corrected chi connectivity index (χ2v) is 9.15. The van der Waals surface area contributed by atoms with E-state index in [1.54, 1.807) is 0 Å². The third kappa shape index (κ3) is 4.45. The zero-order valence-corrected chi connectivity index (χ0v) is 15.4. The van der Waals surface area contributed by atoms with Gasteiger partial charge in [-0.25, -0.2) is 0 Å². The first kappa shape index (κ1) is 17.7. The number of likely N-dealkylation sites (tertiary alicyclic amines) is 2. The van der Waals surface area contributed by atoms with E-state index in [0.29, 0.717) is 5.91 Å². The Balaban J connectivity index is 1.82. The predicted molar refractivity (Wildman–Crippen MR) is 89.9 cm³/mol. The van der Waals surface area contributed by atoms with Crippen molar-refractivity contribution in [2.75, 3.05) is 32.8 Å². The molecule has 2 rings (SSSR count). The summed E-state index contributed by atoms with van der Waals surface area (Å²) in [5, 5.41) is 0. The van der Waals surface area contributed by atoms with Crippen LogP contribution < -0.4 is 0 Å². The van der Waals surface area contributed by atoms with Gasteiger partial charge in [0.15, 0.2) is 0 Å². The highest BCUT2D eigenvalue weighted by molar-refractivity contribution is 5.79. The molecule has 1 amide bonds. The van der Waals surface area contributed by atoms with Crippen LogP contribution in [0.4, 0.5) is 0 Å². The van der Waals surface area contributed by atoms with E-state index in [9.17, 15) is 4.79 Å². The van der Waals surface area contributed by atoms with Crippen LogP contribution in [-0.2, 0) is 9.53 Å². The van der Waals surface area contributed by atoms with Crippen LogP contribution in [0.5, 0.6) is 0 Å². The van der Waals surface area contributed by atoms with Gasteiger partial charge in [0.05, 0.1) is 5.60 Å². The van der Waals surface area contributed by atoms with E-state index in [2.05, 4.69) is 51.3 Å². The fourth-order valence-electron chi connectivity index (χ4n) is 3.60. The highest BCUT2D eigenvalue weighted by atomic mass is 16.5. The van der Waals surface area contributed by atoms with Crippen LogP contribution in [0.15, 0.2) is 0 Å². The van der Waals surface area contributed by atoms with Gasteiger partial charge in [-0.1, -0.05) is 0 Å². The van der Waals surface area contributed by atoms with Crippen molar-refractivity contribution in [2.45, 2.75) is 71.9 Å². The van der Waals surface area contributed by atoms with Gasteiger partial charge < -0.3 is 9.64 Å². The highest BCUT2D eigenvalue weighted by Crippen LogP contribution is 2.42. The lowest BCUT2D eigenvalue weighted by molar-refractivity contribution is -0.128. The van der Waals surface area contributed by atoms with Gasteiger partial charge in [-0.05, 0) is 60.9 Å². The molecule has 2 saturated heterocycles. The van der Waals surface area contributed by atoms with Gasteiger partial charge >= 0.3 is 0 Å². The molecular formula is C18H34N2O2. The molecule has 0 aromatic heterocycles. The summed E-state index contributed by atoms with van der Waals surface area (Å²) in [5.41, 5.74) is 0.324. The maximum absolute atomic E-state index is 12.3. The number of carbonyl (C=O) groups excluding carboxylic acids is 1. The fourth-order valence-corrected chi connectivity index (χ4v) is 3.60. The van der Waals surface area contributed by atoms with Gasteiger partial charge in [0.25, 0.3) is 0 Å². The summed E-state index contributed by atoms with van der Waals surface area (Å²) in [6.07, 6.45) is 2.83. The van der Waals surface area contributed by atoms with Crippen LogP contribution in [-0.4, -0.2) is 59.6 Å². The van der Waals surface area contributed by atoms with Crippen LogP contribution in [0, 0.1) is 5.41 Å². The number of amides is 1. The number of hydrogen-bond donors (Lipinski definition) is 0. The summed E-state index contributed by atoms with van der Waals surface area (Å²) in [6.45, 7) is 17.7. The topological polar surface area (TPSA) is 32.8 Å². The smallest absolute Gasteiger partial charge is 0.223 e. The quantitative estimate of drug-likeness (QED) is 0.749. The van der Waals surface area contributed by atoms with Crippen molar-refractivity contribution in [2.24, 2.45) is 5.41 Å². The van der Waals surface area contributed by atoms with Crippen molar-refractivity contribution in [3.8, 4) is 0 Å². The summed E-state index contributed by atoms with van der Waals surface area (Å²) >= 11 is 0. The maximum atomic E-state index is 12.3. The van der Waals surface area contributed by atoms with Crippen molar-refractivity contribution in [1.82, 2.24) is 9.80 Å². The molecule has 128 valence electrons. The van der Waals surface area contributed by atoms with E-state index in [1.165, 1.54) is 0 Å². The first-order valence-corrected chi connectivity index (χ1v) is 8.68. The van der Waals surface area contributed by atoms with Crippen molar-refractivity contribution in [3.63, 3.8) is 0 Å². The Morgan fingerprint density at radius 1 is 1.14 bits per heavy atom. The summed E-state index contributed by atoms with van der Waals surface area (Å²) in [4.78, 5) is 17.0. The number of rotatable bonds is 4. The summed E-state index contributed by atoms with van der Waals surface area (Å²) in [7, 11) is 0. The predicted octanol–water partition coefficient (Wildman–Crippen LogP) is 2.91. The SMILES string of the molecule is CC(C)(C)OCCCN1CC2(CCN(C(C)(C)C)C2)CC1=O. The normalized spacial score (nSPS) is 27.4. The van der Waals surface area contributed by atoms with E-state index in [0.717, 1.165) is 52.0 Å². The van der Waals surface area contributed by atoms with E-state index >= 15 is 0 Å². The summed E-state index contributed by atoms with van der Waals surface area (Å²) < 4.78 is 5.76. The molecule has 4 heteroatoms. The van der Waals surface area contributed by atoms with Gasteiger partial charge in [-0.3, -0.25) is 9.69 Å². The lowest BCUT2D eigenvalue weighted by atomic mass is 9.86. The lowest BCUT2D eigenvalue weighted by Gasteiger charge is -2.33. The van der Waals surface area contributed by atoms with Crippen LogP contribution in [0.25, 0.3) is 0 Å². The molecule has 2 fully saturated rings. The van der Waals surface area contributed by atoms with Gasteiger partial charge in [0.2, 0.25) is 5.91 Å². The van der Waals surface area contributed by atoms with Gasteiger partial charge in [0.1, 0.15) is 0 Å². The largest absolute Gasteiger partial charge is 0.376 e. The Morgan fingerprint density at radius 2 is 1.82 bits per heavy atom. The van der Waals surface area contributed by atoms with Crippen LogP contribution >= 0.6 is 0 Å². The molecule has 0 saturated carbocycles. The Bertz CT molecular complexity index is 408. The Morgan fingerprint density at radius 3 is 2.36 bits per heavy atom. The zero-order chi connectivity index (χ0) is 16.6. The Labute approximate surface area is 136 Å². The molecule has 0 aromatic rings. The maximum Gasteiger partial charge on any atom is 0.223 e. The van der Waals surface area contributed by atoms with E-state index in [4.69, 9.17) is 4.74 Å². The van der Waals surface area contributed by atoms with Gasteiger partial charge in [0, 0.05) is 43.6 Å². The first-order chi connectivity index (χ1) is 10.0. The number of ether oxygens (including phenoxy) is 1. The molecule has 2 heterocycles. The standard InChI is InChI=1S/C18H34N2O2/c1-16(2,3)20-10-8-18(14-20)12-15(21)19(13-18)9-7-11-22-17(4,5)6/h7-14H2,1-6H3. The number of carbonyl (C=O) groups is 1. The van der Waals surface area contributed by atoms with Gasteiger partial charge in [-0.15, -0.1) is 0 Å². The zero-order valence-electron chi connectivity index (χ0n) is 15.4. The second kappa shape index (κ2) is 6.12. The number of nitrogens with zero attached hydrogens (tertiary/aromatic N) is 2. The molecule has 0 aromatic carbocycles. The Kier molecular flexibility index (Phi) is 4.94. The third-order valence-corrected chi connectivity index (χ3v) is 4.90. The molecule has 1 unspecified atom stereocenters. The minimum absolute atomic E-state index is 0.0884. The molecule has 22 heavy (non-hydrogen) atoms. The molecule has 0 N–H and O–H groups in total. The molecule has 2 aliphatic heterocycles. The molecule has 4 nitrogen and oxygen atoms in total. The van der Waals surface area contributed by atoms with Crippen LogP contribution in [0.3, 0.4) is 0 Å². The fraction of sp³-hybridized carbons (Fsp3) is 0.944. The van der Waals surface area contributed by atoms with Crippen molar-refractivity contribution in [1.29, 1.82) is 0 Å². The monoisotopic (exact) mass is 310 g/mol. The summed E-state index contributed by atoms with van der Waals surface area (Å²) in [6, 6.07) is 0. The van der Waals surface area contributed by atoms with Crippen LogP contribution in [0.1, 0.15) is 60.8 Å². The van der Waals surface area contributed by atoms with Gasteiger partial charge in [-0.2, -0.15) is 0 Å². The molecule has 1 atom stereocenters. The highest BCUT2D eigenvalue weighted by Gasteiger charge is 2.48. The average molecular weight is 310 g/mol. The molecule has 2 aliphatic rings. The minimum atomic E-state index is -0.0884. The molecule has 1 spiro atoms. The van der Waals surface area contributed by atoms with Crippen molar-refractivity contribution < 1.29 is 9.53 Å². The number of hydrogen-bond acceptors (Lipinski definition) is 3. The van der Waals surface area contributed by atoms with Crippen molar-refractivity contribution in [3.05, 3.63) is 0 Å². The third-order valence-electron chi connectivity index (χ3n) is 4.90. The molecule has 0 bridgehead atoms. The minimum Gasteiger partial charge on any atom is -0.376 e. The molecule has 0 radical (unpaired) electrons. The average Bonchev–Trinajstić information content (AvgIpc) is 2.88. The van der Waals surface area contributed by atoms with E-state index < -0.39 is 0 Å². The van der Waals surface area contributed by atoms with E-state index in [-0.39, 0.29) is 16.6 Å². The first-order valence-electron chi connectivity index (χ1n) is 8.68. The molecule has 0 aliphatic carbocycles. The second-order valence-electron chi connectivity index (χ2n) is 9.15. The van der Waals surface area contributed by atoms with Crippen molar-refractivity contribution >= 4 is 5.91 Å².